The van der Waals surface area contributed by atoms with Gasteiger partial charge in [-0.3, -0.25) is 4.98 Å². The number of hydrogen-bond acceptors (Lipinski definition) is 3. The first-order valence-electron chi connectivity index (χ1n) is 5.41. The van der Waals surface area contributed by atoms with Crippen LogP contribution in [0, 0.1) is 0 Å². The molecule has 2 heterocycles. The highest BCUT2D eigenvalue weighted by molar-refractivity contribution is 7.80. The molecule has 2 rings (SSSR count). The average Bonchev–Trinajstić information content (AvgIpc) is 2.81. The summed E-state index contributed by atoms with van der Waals surface area (Å²) in [6.07, 6.45) is 6.02. The van der Waals surface area contributed by atoms with Crippen molar-refractivity contribution in [2.75, 3.05) is 18.5 Å². The van der Waals surface area contributed by atoms with Crippen LogP contribution in [-0.4, -0.2) is 29.4 Å². The highest BCUT2D eigenvalue weighted by Gasteiger charge is 2.15. The highest BCUT2D eigenvalue weighted by atomic mass is 32.1. The third kappa shape index (κ3) is 3.43. The fourth-order valence-corrected chi connectivity index (χ4v) is 1.82. The van der Waals surface area contributed by atoms with Crippen molar-refractivity contribution >= 4 is 23.0 Å². The maximum atomic E-state index is 5.49. The van der Waals surface area contributed by atoms with E-state index in [0.717, 1.165) is 31.7 Å². The van der Waals surface area contributed by atoms with Gasteiger partial charge in [0.15, 0.2) is 5.11 Å². The van der Waals surface area contributed by atoms with Gasteiger partial charge in [0, 0.05) is 31.2 Å². The van der Waals surface area contributed by atoms with E-state index in [0.29, 0.717) is 11.2 Å². The number of rotatable bonds is 3. The third-order valence-electron chi connectivity index (χ3n) is 2.45. The van der Waals surface area contributed by atoms with Gasteiger partial charge < -0.3 is 15.4 Å². The molecule has 1 fully saturated rings. The molecule has 1 atom stereocenters. The molecule has 0 amide bonds. The molecule has 1 aliphatic rings. The van der Waals surface area contributed by atoms with Crippen LogP contribution < -0.4 is 10.6 Å². The molecule has 0 bridgehead atoms. The number of hydrogen-bond donors (Lipinski definition) is 2. The molecule has 1 aromatic heterocycles. The van der Waals surface area contributed by atoms with Gasteiger partial charge in [-0.1, -0.05) is 0 Å². The van der Waals surface area contributed by atoms with Crippen molar-refractivity contribution in [2.45, 2.75) is 18.9 Å². The molecule has 86 valence electrons. The fourth-order valence-electron chi connectivity index (χ4n) is 1.62. The highest BCUT2D eigenvalue weighted by Crippen LogP contribution is 2.10. The molecule has 2 N–H and O–H groups in total. The summed E-state index contributed by atoms with van der Waals surface area (Å²) in [7, 11) is 0. The van der Waals surface area contributed by atoms with Gasteiger partial charge in [0.1, 0.15) is 0 Å². The first kappa shape index (κ1) is 11.3. The van der Waals surface area contributed by atoms with E-state index in [4.69, 9.17) is 17.0 Å². The molecule has 0 aliphatic carbocycles. The van der Waals surface area contributed by atoms with Crippen LogP contribution in [0.15, 0.2) is 24.5 Å². The summed E-state index contributed by atoms with van der Waals surface area (Å²) in [5.41, 5.74) is 0.944. The lowest BCUT2D eigenvalue weighted by atomic mass is 10.2. The zero-order valence-corrected chi connectivity index (χ0v) is 9.80. The van der Waals surface area contributed by atoms with E-state index in [1.165, 1.54) is 0 Å². The quantitative estimate of drug-likeness (QED) is 0.781. The second-order valence-corrected chi connectivity index (χ2v) is 4.11. The Morgan fingerprint density at radius 1 is 1.50 bits per heavy atom. The number of nitrogens with zero attached hydrogens (tertiary/aromatic N) is 1. The van der Waals surface area contributed by atoms with Gasteiger partial charge in [-0.25, -0.2) is 0 Å². The van der Waals surface area contributed by atoms with Gasteiger partial charge in [0.05, 0.1) is 6.10 Å². The SMILES string of the molecule is S=C(NC[C@@H]1CCCO1)Nc1ccncc1. The molecule has 1 aromatic rings. The van der Waals surface area contributed by atoms with E-state index < -0.39 is 0 Å². The maximum Gasteiger partial charge on any atom is 0.170 e. The van der Waals surface area contributed by atoms with Crippen LogP contribution in [0.3, 0.4) is 0 Å². The van der Waals surface area contributed by atoms with Crippen LogP contribution in [0.25, 0.3) is 0 Å². The largest absolute Gasteiger partial charge is 0.376 e. The normalized spacial score (nSPS) is 19.4. The Bertz CT molecular complexity index is 338. The minimum Gasteiger partial charge on any atom is -0.376 e. The van der Waals surface area contributed by atoms with Gasteiger partial charge in [-0.05, 0) is 37.2 Å². The molecule has 16 heavy (non-hydrogen) atoms. The number of aromatic nitrogens is 1. The van der Waals surface area contributed by atoms with E-state index in [9.17, 15) is 0 Å². The van der Waals surface area contributed by atoms with E-state index >= 15 is 0 Å². The van der Waals surface area contributed by atoms with Gasteiger partial charge in [-0.2, -0.15) is 0 Å². The molecule has 0 saturated carbocycles. The van der Waals surface area contributed by atoms with Crippen molar-refractivity contribution < 1.29 is 4.74 Å². The Morgan fingerprint density at radius 3 is 3.00 bits per heavy atom. The molecular weight excluding hydrogens is 222 g/mol. The summed E-state index contributed by atoms with van der Waals surface area (Å²) in [4.78, 5) is 3.94. The zero-order valence-electron chi connectivity index (χ0n) is 8.98. The summed E-state index contributed by atoms with van der Waals surface area (Å²) in [5.74, 6) is 0. The van der Waals surface area contributed by atoms with Gasteiger partial charge >= 0.3 is 0 Å². The van der Waals surface area contributed by atoms with Gasteiger partial charge in [0.2, 0.25) is 0 Å². The Morgan fingerprint density at radius 2 is 2.31 bits per heavy atom. The number of anilines is 1. The van der Waals surface area contributed by atoms with Crippen molar-refractivity contribution in [3.63, 3.8) is 0 Å². The minimum absolute atomic E-state index is 0.303. The smallest absolute Gasteiger partial charge is 0.170 e. The standard InChI is InChI=1S/C11H15N3OS/c16-11(13-8-10-2-1-7-15-10)14-9-3-5-12-6-4-9/h3-6,10H,1-2,7-8H2,(H2,12,13,14,16)/t10-/m0/s1. The summed E-state index contributed by atoms with van der Waals surface area (Å²) in [6, 6.07) is 3.75. The molecule has 0 spiro atoms. The van der Waals surface area contributed by atoms with Crippen LogP contribution in [0.2, 0.25) is 0 Å². The molecule has 1 saturated heterocycles. The van der Waals surface area contributed by atoms with E-state index in [2.05, 4.69) is 15.6 Å². The van der Waals surface area contributed by atoms with Gasteiger partial charge in [-0.15, -0.1) is 0 Å². The lowest BCUT2D eigenvalue weighted by Crippen LogP contribution is -2.34. The van der Waals surface area contributed by atoms with Crippen LogP contribution in [0.1, 0.15) is 12.8 Å². The summed E-state index contributed by atoms with van der Waals surface area (Å²) in [6.45, 7) is 1.65. The van der Waals surface area contributed by atoms with Crippen LogP contribution in [0.5, 0.6) is 0 Å². The van der Waals surface area contributed by atoms with Crippen molar-refractivity contribution in [1.82, 2.24) is 10.3 Å². The Balaban J connectivity index is 1.72. The molecular formula is C11H15N3OS. The van der Waals surface area contributed by atoms with E-state index in [1.54, 1.807) is 12.4 Å². The van der Waals surface area contributed by atoms with E-state index in [1.807, 2.05) is 12.1 Å². The van der Waals surface area contributed by atoms with Crippen LogP contribution in [0.4, 0.5) is 5.69 Å². The molecule has 1 aliphatic heterocycles. The Hall–Kier alpha value is -1.20. The molecule has 0 aromatic carbocycles. The Labute approximate surface area is 100 Å². The zero-order chi connectivity index (χ0) is 11.2. The van der Waals surface area contributed by atoms with Crippen molar-refractivity contribution in [1.29, 1.82) is 0 Å². The second-order valence-electron chi connectivity index (χ2n) is 3.71. The second kappa shape index (κ2) is 5.77. The molecule has 4 nitrogen and oxygen atoms in total. The molecule has 0 unspecified atom stereocenters. The average molecular weight is 237 g/mol. The monoisotopic (exact) mass is 237 g/mol. The predicted octanol–water partition coefficient (Wildman–Crippen LogP) is 1.55. The van der Waals surface area contributed by atoms with Gasteiger partial charge in [0.25, 0.3) is 0 Å². The summed E-state index contributed by atoms with van der Waals surface area (Å²) < 4.78 is 5.49. The lowest BCUT2D eigenvalue weighted by molar-refractivity contribution is 0.114. The first-order valence-corrected chi connectivity index (χ1v) is 5.82. The first-order chi connectivity index (χ1) is 7.84. The topological polar surface area (TPSA) is 46.2 Å². The Kier molecular flexibility index (Phi) is 4.07. The fraction of sp³-hybridized carbons (Fsp3) is 0.455. The minimum atomic E-state index is 0.303. The molecule has 0 radical (unpaired) electrons. The van der Waals surface area contributed by atoms with E-state index in [-0.39, 0.29) is 0 Å². The third-order valence-corrected chi connectivity index (χ3v) is 2.70. The predicted molar refractivity (Wildman–Crippen MR) is 67.4 cm³/mol. The van der Waals surface area contributed by atoms with Crippen molar-refractivity contribution in [3.05, 3.63) is 24.5 Å². The van der Waals surface area contributed by atoms with Crippen molar-refractivity contribution in [3.8, 4) is 0 Å². The number of ether oxygens (including phenoxy) is 1. The number of thiocarbonyl (C=S) groups is 1. The lowest BCUT2D eigenvalue weighted by Gasteiger charge is -2.13. The summed E-state index contributed by atoms with van der Waals surface area (Å²) in [5, 5.41) is 6.87. The van der Waals surface area contributed by atoms with Crippen molar-refractivity contribution in [2.24, 2.45) is 0 Å². The number of nitrogens with one attached hydrogen (secondary N) is 2. The van der Waals surface area contributed by atoms with Crippen LogP contribution >= 0.6 is 12.2 Å². The number of pyridine rings is 1. The summed E-state index contributed by atoms with van der Waals surface area (Å²) >= 11 is 5.17. The van der Waals surface area contributed by atoms with Crippen LogP contribution in [-0.2, 0) is 4.74 Å². The molecule has 5 heteroatoms. The maximum absolute atomic E-state index is 5.49.